The first kappa shape index (κ1) is 12.0. The number of likely N-dealkylation sites (tertiary alicyclic amines) is 1. The van der Waals surface area contributed by atoms with Crippen molar-refractivity contribution in [1.82, 2.24) is 4.90 Å². The fourth-order valence-electron chi connectivity index (χ4n) is 3.01. The summed E-state index contributed by atoms with van der Waals surface area (Å²) in [5.74, 6) is 0.989. The maximum Gasteiger partial charge on any atom is 0.124 e. The zero-order valence-corrected chi connectivity index (χ0v) is 11.1. The number of hydrogen-bond donors (Lipinski definition) is 1. The molecule has 0 atom stereocenters. The molecule has 1 saturated carbocycles. The molecular weight excluding hydrogens is 224 g/mol. The Morgan fingerprint density at radius 1 is 1.28 bits per heavy atom. The Labute approximate surface area is 109 Å². The Kier molecular flexibility index (Phi) is 3.04. The van der Waals surface area contributed by atoms with Crippen LogP contribution < -0.4 is 10.5 Å². The molecule has 0 radical (unpaired) electrons. The van der Waals surface area contributed by atoms with Gasteiger partial charge in [0.25, 0.3) is 0 Å². The molecular formula is C15H22N2O. The summed E-state index contributed by atoms with van der Waals surface area (Å²) < 4.78 is 5.90. The van der Waals surface area contributed by atoms with Gasteiger partial charge in [0, 0.05) is 25.0 Å². The molecule has 0 bridgehead atoms. The molecule has 1 aliphatic heterocycles. The molecule has 2 aliphatic rings. The van der Waals surface area contributed by atoms with Crippen molar-refractivity contribution in [2.45, 2.75) is 30.8 Å². The molecule has 18 heavy (non-hydrogen) atoms. The maximum absolute atomic E-state index is 5.93. The van der Waals surface area contributed by atoms with Gasteiger partial charge in [-0.15, -0.1) is 0 Å². The van der Waals surface area contributed by atoms with Crippen LogP contribution in [0, 0.1) is 0 Å². The van der Waals surface area contributed by atoms with Gasteiger partial charge in [-0.2, -0.15) is 0 Å². The highest BCUT2D eigenvalue weighted by Gasteiger charge is 2.37. The summed E-state index contributed by atoms with van der Waals surface area (Å²) in [6.45, 7) is 2.84. The minimum absolute atomic E-state index is 0.259. The van der Waals surface area contributed by atoms with Crippen molar-refractivity contribution in [3.63, 3.8) is 0 Å². The highest BCUT2D eigenvalue weighted by Crippen LogP contribution is 2.43. The normalized spacial score (nSPS) is 23.2. The molecule has 0 unspecified atom stereocenters. The van der Waals surface area contributed by atoms with Crippen LogP contribution in [-0.2, 0) is 5.41 Å². The number of ether oxygens (including phenoxy) is 1. The van der Waals surface area contributed by atoms with Crippen molar-refractivity contribution in [2.24, 2.45) is 5.73 Å². The maximum atomic E-state index is 5.93. The molecule has 3 heteroatoms. The number of rotatable bonds is 4. The SMILES string of the molecule is CN1CC(Oc2ccc(C3(CN)CCC3)cc2)C1. The summed E-state index contributed by atoms with van der Waals surface area (Å²) in [4.78, 5) is 2.26. The number of nitrogens with two attached hydrogens (primary N) is 1. The third kappa shape index (κ3) is 2.02. The molecule has 1 aromatic carbocycles. The van der Waals surface area contributed by atoms with Gasteiger partial charge in [-0.3, -0.25) is 4.90 Å². The van der Waals surface area contributed by atoms with Crippen molar-refractivity contribution in [3.05, 3.63) is 29.8 Å². The van der Waals surface area contributed by atoms with Gasteiger partial charge in [0.1, 0.15) is 11.9 Å². The van der Waals surface area contributed by atoms with Gasteiger partial charge >= 0.3 is 0 Å². The van der Waals surface area contributed by atoms with E-state index in [1.54, 1.807) is 0 Å². The molecule has 3 nitrogen and oxygen atoms in total. The average Bonchev–Trinajstić information content (AvgIpc) is 2.28. The quantitative estimate of drug-likeness (QED) is 0.880. The van der Waals surface area contributed by atoms with Crippen LogP contribution in [0.25, 0.3) is 0 Å². The summed E-state index contributed by atoms with van der Waals surface area (Å²) >= 11 is 0. The zero-order valence-electron chi connectivity index (χ0n) is 11.1. The Morgan fingerprint density at radius 3 is 2.39 bits per heavy atom. The number of hydrogen-bond acceptors (Lipinski definition) is 3. The largest absolute Gasteiger partial charge is 0.488 e. The second-order valence-corrected chi connectivity index (χ2v) is 5.82. The van der Waals surface area contributed by atoms with E-state index in [-0.39, 0.29) is 5.41 Å². The lowest BCUT2D eigenvalue weighted by Crippen LogP contribution is -2.51. The molecule has 1 saturated heterocycles. The molecule has 1 aromatic rings. The van der Waals surface area contributed by atoms with Crippen LogP contribution in [0.3, 0.4) is 0 Å². The van der Waals surface area contributed by atoms with Crippen LogP contribution in [0.1, 0.15) is 24.8 Å². The molecule has 2 fully saturated rings. The average molecular weight is 246 g/mol. The predicted molar refractivity (Wildman–Crippen MR) is 72.9 cm³/mol. The third-order valence-electron chi connectivity index (χ3n) is 4.50. The van der Waals surface area contributed by atoms with Crippen LogP contribution >= 0.6 is 0 Å². The highest BCUT2D eigenvalue weighted by molar-refractivity contribution is 5.34. The summed E-state index contributed by atoms with van der Waals surface area (Å²) in [7, 11) is 2.12. The van der Waals surface area contributed by atoms with Crippen LogP contribution in [0.15, 0.2) is 24.3 Å². The third-order valence-corrected chi connectivity index (χ3v) is 4.50. The molecule has 0 aromatic heterocycles. The van der Waals surface area contributed by atoms with Gasteiger partial charge < -0.3 is 10.5 Å². The van der Waals surface area contributed by atoms with Gasteiger partial charge in [0.2, 0.25) is 0 Å². The van der Waals surface area contributed by atoms with Crippen LogP contribution in [0.4, 0.5) is 0 Å². The van der Waals surface area contributed by atoms with Gasteiger partial charge in [-0.1, -0.05) is 18.6 Å². The first-order valence-electron chi connectivity index (χ1n) is 6.88. The van der Waals surface area contributed by atoms with Gasteiger partial charge in [0.05, 0.1) is 0 Å². The van der Waals surface area contributed by atoms with Crippen molar-refractivity contribution in [1.29, 1.82) is 0 Å². The van der Waals surface area contributed by atoms with Gasteiger partial charge in [-0.25, -0.2) is 0 Å². The van der Waals surface area contributed by atoms with E-state index in [0.29, 0.717) is 6.10 Å². The zero-order chi connectivity index (χ0) is 12.6. The second-order valence-electron chi connectivity index (χ2n) is 5.82. The summed E-state index contributed by atoms with van der Waals surface area (Å²) in [5.41, 5.74) is 7.57. The van der Waals surface area contributed by atoms with Crippen LogP contribution in [0.5, 0.6) is 5.75 Å². The van der Waals surface area contributed by atoms with E-state index in [4.69, 9.17) is 10.5 Å². The van der Waals surface area contributed by atoms with Gasteiger partial charge in [0.15, 0.2) is 0 Å². The number of benzene rings is 1. The first-order valence-corrected chi connectivity index (χ1v) is 6.88. The number of likely N-dealkylation sites (N-methyl/N-ethyl adjacent to an activating group) is 1. The first-order chi connectivity index (χ1) is 8.72. The molecule has 1 aliphatic carbocycles. The topological polar surface area (TPSA) is 38.5 Å². The van der Waals surface area contributed by atoms with Crippen LogP contribution in [0.2, 0.25) is 0 Å². The van der Waals surface area contributed by atoms with E-state index in [0.717, 1.165) is 25.4 Å². The second kappa shape index (κ2) is 4.56. The lowest BCUT2D eigenvalue weighted by Gasteiger charge is -2.41. The van der Waals surface area contributed by atoms with E-state index in [2.05, 4.69) is 36.2 Å². The van der Waals surface area contributed by atoms with Crippen molar-refractivity contribution in [3.8, 4) is 5.75 Å². The van der Waals surface area contributed by atoms with E-state index in [1.165, 1.54) is 24.8 Å². The molecule has 0 spiro atoms. The van der Waals surface area contributed by atoms with Crippen molar-refractivity contribution >= 4 is 0 Å². The Balaban J connectivity index is 1.65. The minimum atomic E-state index is 0.259. The molecule has 2 N–H and O–H groups in total. The molecule has 0 amide bonds. The smallest absolute Gasteiger partial charge is 0.124 e. The van der Waals surface area contributed by atoms with E-state index in [1.807, 2.05) is 0 Å². The highest BCUT2D eigenvalue weighted by atomic mass is 16.5. The summed E-state index contributed by atoms with van der Waals surface area (Å²) in [6, 6.07) is 8.60. The van der Waals surface area contributed by atoms with E-state index < -0.39 is 0 Å². The molecule has 3 rings (SSSR count). The Morgan fingerprint density at radius 2 is 1.94 bits per heavy atom. The minimum Gasteiger partial charge on any atom is -0.488 e. The monoisotopic (exact) mass is 246 g/mol. The summed E-state index contributed by atoms with van der Waals surface area (Å²) in [5, 5.41) is 0. The lowest BCUT2D eigenvalue weighted by molar-refractivity contribution is 0.0388. The van der Waals surface area contributed by atoms with E-state index >= 15 is 0 Å². The fraction of sp³-hybridized carbons (Fsp3) is 0.600. The van der Waals surface area contributed by atoms with Gasteiger partial charge in [-0.05, 0) is 37.6 Å². The van der Waals surface area contributed by atoms with Crippen LogP contribution in [-0.4, -0.2) is 37.7 Å². The number of nitrogens with zero attached hydrogens (tertiary/aromatic N) is 1. The predicted octanol–water partition coefficient (Wildman–Crippen LogP) is 1.76. The molecule has 98 valence electrons. The standard InChI is InChI=1S/C15H22N2O/c1-17-9-14(10-17)18-13-5-3-12(4-6-13)15(11-16)7-2-8-15/h3-6,14H,2,7-11,16H2,1H3. The molecule has 1 heterocycles. The Hall–Kier alpha value is -1.06. The fourth-order valence-corrected chi connectivity index (χ4v) is 3.01. The lowest BCUT2D eigenvalue weighted by atomic mass is 9.64. The summed E-state index contributed by atoms with van der Waals surface area (Å²) in [6.07, 6.45) is 4.14. The van der Waals surface area contributed by atoms with Crippen molar-refractivity contribution < 1.29 is 4.74 Å². The Bertz CT molecular complexity index is 399. The van der Waals surface area contributed by atoms with E-state index in [9.17, 15) is 0 Å². The van der Waals surface area contributed by atoms with Crippen molar-refractivity contribution in [2.75, 3.05) is 26.7 Å².